The molecule has 1 atom stereocenters. The Kier molecular flexibility index (Phi) is 3.57. The fourth-order valence-corrected chi connectivity index (χ4v) is 1.43. The molecule has 0 aromatic carbocycles. The molecular formula is C10H21N3O2. The zero-order chi connectivity index (χ0) is 11.5. The normalized spacial score (nSPS) is 26.4. The lowest BCUT2D eigenvalue weighted by atomic mass is 10.0. The van der Waals surface area contributed by atoms with E-state index in [1.54, 1.807) is 0 Å². The number of hydrogen-bond acceptors (Lipinski definition) is 4. The van der Waals surface area contributed by atoms with Crippen LogP contribution < -0.4 is 16.2 Å². The van der Waals surface area contributed by atoms with Gasteiger partial charge in [0, 0.05) is 12.1 Å². The molecule has 3 N–H and O–H groups in total. The number of hydrazine groups is 1. The first kappa shape index (κ1) is 12.3. The third-order valence-corrected chi connectivity index (χ3v) is 2.23. The number of rotatable bonds is 2. The van der Waals surface area contributed by atoms with Gasteiger partial charge in [0.1, 0.15) is 5.60 Å². The van der Waals surface area contributed by atoms with E-state index in [9.17, 15) is 4.79 Å². The van der Waals surface area contributed by atoms with Gasteiger partial charge in [-0.2, -0.15) is 0 Å². The van der Waals surface area contributed by atoms with E-state index in [2.05, 4.69) is 23.1 Å². The topological polar surface area (TPSA) is 62.4 Å². The second-order valence-corrected chi connectivity index (χ2v) is 5.24. The van der Waals surface area contributed by atoms with Crippen molar-refractivity contribution < 1.29 is 9.53 Å². The molecule has 15 heavy (non-hydrogen) atoms. The van der Waals surface area contributed by atoms with Crippen LogP contribution in [0.5, 0.6) is 0 Å². The fourth-order valence-electron chi connectivity index (χ4n) is 1.43. The van der Waals surface area contributed by atoms with Crippen LogP contribution >= 0.6 is 0 Å². The second kappa shape index (κ2) is 4.37. The zero-order valence-electron chi connectivity index (χ0n) is 9.94. The molecule has 1 rings (SSSR count). The molecule has 5 heteroatoms. The number of nitrogens with one attached hydrogen (secondary N) is 3. The van der Waals surface area contributed by atoms with Crippen LogP contribution in [0.2, 0.25) is 0 Å². The van der Waals surface area contributed by atoms with E-state index in [4.69, 9.17) is 4.74 Å². The number of carbonyl (C=O) groups excluding carboxylic acids is 1. The summed E-state index contributed by atoms with van der Waals surface area (Å²) >= 11 is 0. The highest BCUT2D eigenvalue weighted by Crippen LogP contribution is 2.12. The molecule has 1 aliphatic rings. The fraction of sp³-hybridized carbons (Fsp3) is 0.900. The summed E-state index contributed by atoms with van der Waals surface area (Å²) in [6.45, 7) is 9.40. The molecule has 0 radical (unpaired) electrons. The van der Waals surface area contributed by atoms with Crippen LogP contribution in [0.25, 0.3) is 0 Å². The van der Waals surface area contributed by atoms with Gasteiger partial charge in [0.25, 0.3) is 0 Å². The van der Waals surface area contributed by atoms with Crippen molar-refractivity contribution in [3.8, 4) is 0 Å². The predicted molar refractivity (Wildman–Crippen MR) is 58.4 cm³/mol. The Morgan fingerprint density at radius 3 is 2.60 bits per heavy atom. The third kappa shape index (κ3) is 4.48. The summed E-state index contributed by atoms with van der Waals surface area (Å²) in [5.41, 5.74) is 5.03. The average molecular weight is 215 g/mol. The molecule has 0 aromatic heterocycles. The highest BCUT2D eigenvalue weighted by atomic mass is 16.6. The molecule has 1 aliphatic heterocycles. The molecular weight excluding hydrogens is 194 g/mol. The molecule has 0 aliphatic carbocycles. The first-order valence-corrected chi connectivity index (χ1v) is 5.28. The monoisotopic (exact) mass is 215 g/mol. The molecule has 1 heterocycles. The number of ether oxygens (including phenoxy) is 1. The summed E-state index contributed by atoms with van der Waals surface area (Å²) in [6, 6.07) is 0. The lowest BCUT2D eigenvalue weighted by molar-refractivity contribution is 0.0471. The average Bonchev–Trinajstić information content (AvgIpc) is 2.47. The van der Waals surface area contributed by atoms with Crippen molar-refractivity contribution in [2.24, 2.45) is 0 Å². The predicted octanol–water partition coefficient (Wildman–Crippen LogP) is 0.768. The van der Waals surface area contributed by atoms with Gasteiger partial charge in [-0.15, -0.1) is 0 Å². The highest BCUT2D eigenvalue weighted by molar-refractivity contribution is 5.67. The van der Waals surface area contributed by atoms with E-state index in [1.807, 2.05) is 20.8 Å². The smallest absolute Gasteiger partial charge is 0.422 e. The largest absolute Gasteiger partial charge is 0.443 e. The van der Waals surface area contributed by atoms with Gasteiger partial charge < -0.3 is 10.1 Å². The maximum absolute atomic E-state index is 11.3. The van der Waals surface area contributed by atoms with Crippen molar-refractivity contribution in [2.45, 2.75) is 45.3 Å². The number of amides is 1. The Morgan fingerprint density at radius 1 is 1.47 bits per heavy atom. The van der Waals surface area contributed by atoms with Gasteiger partial charge in [-0.25, -0.2) is 10.2 Å². The first-order valence-electron chi connectivity index (χ1n) is 5.28. The van der Waals surface area contributed by atoms with E-state index < -0.39 is 11.7 Å². The molecule has 0 bridgehead atoms. The van der Waals surface area contributed by atoms with Crippen molar-refractivity contribution in [2.75, 3.05) is 13.1 Å². The van der Waals surface area contributed by atoms with E-state index in [1.165, 1.54) is 0 Å². The van der Waals surface area contributed by atoms with Gasteiger partial charge in [-0.3, -0.25) is 5.43 Å². The SMILES string of the molecule is CC1(NNC(=O)OC(C)(C)C)CCNC1. The third-order valence-electron chi connectivity index (χ3n) is 2.23. The summed E-state index contributed by atoms with van der Waals surface area (Å²) in [5.74, 6) is 0. The van der Waals surface area contributed by atoms with Crippen LogP contribution in [0.3, 0.4) is 0 Å². The summed E-state index contributed by atoms with van der Waals surface area (Å²) < 4.78 is 5.11. The molecule has 0 saturated carbocycles. The molecule has 88 valence electrons. The minimum absolute atomic E-state index is 0.0725. The van der Waals surface area contributed by atoms with Crippen molar-refractivity contribution in [1.82, 2.24) is 16.2 Å². The maximum Gasteiger partial charge on any atom is 0.422 e. The van der Waals surface area contributed by atoms with Crippen LogP contribution in [0.4, 0.5) is 4.79 Å². The number of hydrogen-bond donors (Lipinski definition) is 3. The molecule has 1 saturated heterocycles. The Labute approximate surface area is 90.9 Å². The van der Waals surface area contributed by atoms with Crippen LogP contribution in [0, 0.1) is 0 Å². The molecule has 0 spiro atoms. The second-order valence-electron chi connectivity index (χ2n) is 5.24. The van der Waals surface area contributed by atoms with E-state index in [0.717, 1.165) is 19.5 Å². The summed E-state index contributed by atoms with van der Waals surface area (Å²) in [7, 11) is 0. The molecule has 1 unspecified atom stereocenters. The minimum atomic E-state index is -0.458. The summed E-state index contributed by atoms with van der Waals surface area (Å²) in [6.07, 6.45) is 0.554. The Balaban J connectivity index is 2.28. The van der Waals surface area contributed by atoms with Crippen molar-refractivity contribution in [1.29, 1.82) is 0 Å². The van der Waals surface area contributed by atoms with E-state index in [-0.39, 0.29) is 5.54 Å². The number of carbonyl (C=O) groups is 1. The molecule has 1 amide bonds. The quantitative estimate of drug-likeness (QED) is 0.595. The lowest BCUT2D eigenvalue weighted by Gasteiger charge is -2.26. The van der Waals surface area contributed by atoms with E-state index in [0.29, 0.717) is 0 Å². The van der Waals surface area contributed by atoms with Crippen LogP contribution in [0.1, 0.15) is 34.1 Å². The standard InChI is InChI=1S/C10H21N3O2/c1-9(2,3)15-8(14)12-13-10(4)5-6-11-7-10/h11,13H,5-7H2,1-4H3,(H,12,14). The lowest BCUT2D eigenvalue weighted by Crippen LogP contribution is -2.54. The Morgan fingerprint density at radius 2 is 2.13 bits per heavy atom. The van der Waals surface area contributed by atoms with Gasteiger partial charge in [-0.05, 0) is 40.7 Å². The van der Waals surface area contributed by atoms with Crippen molar-refractivity contribution in [3.63, 3.8) is 0 Å². The highest BCUT2D eigenvalue weighted by Gasteiger charge is 2.29. The van der Waals surface area contributed by atoms with Gasteiger partial charge in [-0.1, -0.05) is 0 Å². The van der Waals surface area contributed by atoms with Crippen LogP contribution in [0.15, 0.2) is 0 Å². The van der Waals surface area contributed by atoms with E-state index >= 15 is 0 Å². The Bertz CT molecular complexity index is 229. The minimum Gasteiger partial charge on any atom is -0.443 e. The van der Waals surface area contributed by atoms with Gasteiger partial charge in [0.2, 0.25) is 0 Å². The maximum atomic E-state index is 11.3. The van der Waals surface area contributed by atoms with Crippen molar-refractivity contribution in [3.05, 3.63) is 0 Å². The summed E-state index contributed by atoms with van der Waals surface area (Å²) in [4.78, 5) is 11.3. The van der Waals surface area contributed by atoms with Crippen LogP contribution in [-0.4, -0.2) is 30.3 Å². The van der Waals surface area contributed by atoms with Crippen molar-refractivity contribution >= 4 is 6.09 Å². The molecule has 5 nitrogen and oxygen atoms in total. The molecule has 1 fully saturated rings. The summed E-state index contributed by atoms with van der Waals surface area (Å²) in [5, 5.41) is 3.23. The molecule has 0 aromatic rings. The zero-order valence-corrected chi connectivity index (χ0v) is 9.94. The first-order chi connectivity index (χ1) is 6.81. The van der Waals surface area contributed by atoms with Gasteiger partial charge in [0.05, 0.1) is 0 Å². The van der Waals surface area contributed by atoms with Gasteiger partial charge in [0.15, 0.2) is 0 Å². The van der Waals surface area contributed by atoms with Gasteiger partial charge >= 0.3 is 6.09 Å². The van der Waals surface area contributed by atoms with Crippen LogP contribution in [-0.2, 0) is 4.74 Å². The Hall–Kier alpha value is -0.810.